The molecule has 0 aromatic rings. The molecule has 0 aliphatic heterocycles. The average molecular weight is 274 g/mol. The Morgan fingerprint density at radius 3 is 2.22 bits per heavy atom. The molecular formula is C14H30O3Si. The van der Waals surface area contributed by atoms with E-state index in [-0.39, 0.29) is 23.9 Å². The second-order valence-corrected chi connectivity index (χ2v) is 11.8. The lowest BCUT2D eigenvalue weighted by Crippen LogP contribution is -2.49. The molecule has 1 aliphatic carbocycles. The molecule has 4 heteroatoms. The van der Waals surface area contributed by atoms with E-state index in [1.807, 2.05) is 0 Å². The first kappa shape index (κ1) is 16.2. The molecule has 1 fully saturated rings. The van der Waals surface area contributed by atoms with E-state index in [1.165, 1.54) is 0 Å². The number of aliphatic hydroxyl groups is 1. The Bertz CT molecular complexity index is 260. The van der Waals surface area contributed by atoms with E-state index in [2.05, 4.69) is 33.9 Å². The summed E-state index contributed by atoms with van der Waals surface area (Å²) in [5.74, 6) is 0.384. The second kappa shape index (κ2) is 6.03. The average Bonchev–Trinajstić information content (AvgIpc) is 2.27. The first-order valence-corrected chi connectivity index (χ1v) is 9.93. The molecule has 1 saturated carbocycles. The summed E-state index contributed by atoms with van der Waals surface area (Å²) in [6.07, 6.45) is 3.33. The van der Waals surface area contributed by atoms with E-state index < -0.39 is 8.32 Å². The van der Waals surface area contributed by atoms with Gasteiger partial charge in [-0.25, -0.2) is 0 Å². The molecule has 3 nitrogen and oxygen atoms in total. The normalized spacial score (nSPS) is 30.5. The SMILES string of the molecule is CO[C@@H]1C[C@H](CO)CC[C@H]1O[Si](C)(C)C(C)(C)C. The summed E-state index contributed by atoms with van der Waals surface area (Å²) in [7, 11) is 0.0313. The molecule has 0 aromatic carbocycles. The zero-order valence-electron chi connectivity index (χ0n) is 12.8. The van der Waals surface area contributed by atoms with Crippen LogP contribution in [0, 0.1) is 5.92 Å². The molecule has 0 aromatic heterocycles. The van der Waals surface area contributed by atoms with Crippen LogP contribution in [0.2, 0.25) is 18.1 Å². The number of methoxy groups -OCH3 is 1. The van der Waals surface area contributed by atoms with Crippen molar-refractivity contribution < 1.29 is 14.3 Å². The molecule has 18 heavy (non-hydrogen) atoms. The van der Waals surface area contributed by atoms with E-state index in [9.17, 15) is 5.11 Å². The molecule has 0 saturated heterocycles. The topological polar surface area (TPSA) is 38.7 Å². The summed E-state index contributed by atoms with van der Waals surface area (Å²) in [5.41, 5.74) is 0. The zero-order chi connectivity index (χ0) is 14.0. The van der Waals surface area contributed by atoms with Gasteiger partial charge in [-0.1, -0.05) is 20.8 Å². The van der Waals surface area contributed by atoms with Gasteiger partial charge in [0.25, 0.3) is 0 Å². The highest BCUT2D eigenvalue weighted by Gasteiger charge is 2.42. The minimum absolute atomic E-state index is 0.144. The summed E-state index contributed by atoms with van der Waals surface area (Å²) in [6.45, 7) is 11.6. The van der Waals surface area contributed by atoms with Gasteiger partial charge in [-0.3, -0.25) is 0 Å². The Balaban J connectivity index is 2.66. The third kappa shape index (κ3) is 3.79. The molecule has 0 spiro atoms. The summed E-state index contributed by atoms with van der Waals surface area (Å²) in [6, 6.07) is 0. The predicted octanol–water partition coefficient (Wildman–Crippen LogP) is 3.18. The van der Waals surface area contributed by atoms with Crippen LogP contribution in [0.25, 0.3) is 0 Å². The molecule has 1 aliphatic rings. The van der Waals surface area contributed by atoms with Gasteiger partial charge in [-0.2, -0.15) is 0 Å². The van der Waals surface area contributed by atoms with Crippen LogP contribution >= 0.6 is 0 Å². The van der Waals surface area contributed by atoms with Crippen LogP contribution in [0.1, 0.15) is 40.0 Å². The van der Waals surface area contributed by atoms with Gasteiger partial charge in [-0.15, -0.1) is 0 Å². The monoisotopic (exact) mass is 274 g/mol. The smallest absolute Gasteiger partial charge is 0.192 e. The van der Waals surface area contributed by atoms with E-state index >= 15 is 0 Å². The first-order valence-electron chi connectivity index (χ1n) is 7.02. The fourth-order valence-corrected chi connectivity index (χ4v) is 3.67. The van der Waals surface area contributed by atoms with Crippen LogP contribution < -0.4 is 0 Å². The third-order valence-corrected chi connectivity index (χ3v) is 9.16. The van der Waals surface area contributed by atoms with Crippen molar-refractivity contribution in [2.45, 2.75) is 70.4 Å². The second-order valence-electron chi connectivity index (χ2n) is 7.05. The number of rotatable bonds is 4. The van der Waals surface area contributed by atoms with Gasteiger partial charge < -0.3 is 14.3 Å². The number of hydrogen-bond acceptors (Lipinski definition) is 3. The lowest BCUT2D eigenvalue weighted by atomic mass is 9.86. The highest BCUT2D eigenvalue weighted by atomic mass is 28.4. The largest absolute Gasteiger partial charge is 0.411 e. The van der Waals surface area contributed by atoms with Crippen molar-refractivity contribution >= 4 is 8.32 Å². The maximum atomic E-state index is 9.26. The fourth-order valence-electron chi connectivity index (χ4n) is 2.29. The van der Waals surface area contributed by atoms with E-state index in [1.54, 1.807) is 7.11 Å². The molecule has 108 valence electrons. The van der Waals surface area contributed by atoms with Gasteiger partial charge in [0, 0.05) is 13.7 Å². The molecule has 0 unspecified atom stereocenters. The highest BCUT2D eigenvalue weighted by molar-refractivity contribution is 6.74. The summed E-state index contributed by atoms with van der Waals surface area (Å²) in [4.78, 5) is 0. The molecule has 3 atom stereocenters. The Morgan fingerprint density at radius 2 is 1.78 bits per heavy atom. The summed E-state index contributed by atoms with van der Waals surface area (Å²) in [5, 5.41) is 9.50. The van der Waals surface area contributed by atoms with Crippen LogP contribution in [0.3, 0.4) is 0 Å². The van der Waals surface area contributed by atoms with Crippen molar-refractivity contribution in [3.63, 3.8) is 0 Å². The lowest BCUT2D eigenvalue weighted by molar-refractivity contribution is -0.0504. The summed E-state index contributed by atoms with van der Waals surface area (Å²) < 4.78 is 12.1. The van der Waals surface area contributed by atoms with E-state index in [4.69, 9.17) is 9.16 Å². The van der Waals surface area contributed by atoms with Crippen molar-refractivity contribution in [1.29, 1.82) is 0 Å². The minimum Gasteiger partial charge on any atom is -0.411 e. The molecule has 1 N–H and O–H groups in total. The molecular weight excluding hydrogens is 244 g/mol. The third-order valence-electron chi connectivity index (χ3n) is 4.65. The van der Waals surface area contributed by atoms with Crippen LogP contribution in [0.15, 0.2) is 0 Å². The van der Waals surface area contributed by atoms with Crippen LogP contribution in [0.4, 0.5) is 0 Å². The van der Waals surface area contributed by atoms with Crippen molar-refractivity contribution in [2.24, 2.45) is 5.92 Å². The zero-order valence-corrected chi connectivity index (χ0v) is 13.8. The van der Waals surface area contributed by atoms with Crippen molar-refractivity contribution in [3.05, 3.63) is 0 Å². The fraction of sp³-hybridized carbons (Fsp3) is 1.00. The van der Waals surface area contributed by atoms with Gasteiger partial charge >= 0.3 is 0 Å². The van der Waals surface area contributed by atoms with Gasteiger partial charge in [0.05, 0.1) is 12.2 Å². The van der Waals surface area contributed by atoms with Crippen LogP contribution in [-0.4, -0.2) is 39.3 Å². The van der Waals surface area contributed by atoms with Gasteiger partial charge in [0.15, 0.2) is 8.32 Å². The molecule has 0 heterocycles. The van der Waals surface area contributed by atoms with Crippen LogP contribution in [-0.2, 0) is 9.16 Å². The van der Waals surface area contributed by atoms with Gasteiger partial charge in [-0.05, 0) is 43.3 Å². The lowest BCUT2D eigenvalue weighted by Gasteiger charge is -2.43. The Kier molecular flexibility index (Phi) is 5.41. The van der Waals surface area contributed by atoms with Gasteiger partial charge in [0.1, 0.15) is 0 Å². The predicted molar refractivity (Wildman–Crippen MR) is 77.3 cm³/mol. The first-order chi connectivity index (χ1) is 8.21. The molecule has 0 radical (unpaired) electrons. The molecule has 0 bridgehead atoms. The standard InChI is InChI=1S/C14H30O3Si/c1-14(2,3)18(5,6)17-12-8-7-11(10-15)9-13(12)16-4/h11-13,15H,7-10H2,1-6H3/t11-,12-,13-/m1/s1. The number of hydrogen-bond donors (Lipinski definition) is 1. The maximum absolute atomic E-state index is 9.26. The van der Waals surface area contributed by atoms with E-state index in [0.29, 0.717) is 5.92 Å². The Labute approximate surface area is 113 Å². The molecule has 0 amide bonds. The summed E-state index contributed by atoms with van der Waals surface area (Å²) >= 11 is 0. The van der Waals surface area contributed by atoms with Gasteiger partial charge in [0.2, 0.25) is 0 Å². The minimum atomic E-state index is -1.73. The number of ether oxygens (including phenoxy) is 1. The van der Waals surface area contributed by atoms with Crippen molar-refractivity contribution in [2.75, 3.05) is 13.7 Å². The van der Waals surface area contributed by atoms with Crippen LogP contribution in [0.5, 0.6) is 0 Å². The molecule has 1 rings (SSSR count). The Morgan fingerprint density at radius 1 is 1.17 bits per heavy atom. The number of aliphatic hydroxyl groups excluding tert-OH is 1. The Hall–Kier alpha value is 0.0969. The maximum Gasteiger partial charge on any atom is 0.192 e. The highest BCUT2D eigenvalue weighted by Crippen LogP contribution is 2.40. The van der Waals surface area contributed by atoms with E-state index in [0.717, 1.165) is 19.3 Å². The van der Waals surface area contributed by atoms with Crippen molar-refractivity contribution in [3.8, 4) is 0 Å². The quantitative estimate of drug-likeness (QED) is 0.800. The van der Waals surface area contributed by atoms with Crippen molar-refractivity contribution in [1.82, 2.24) is 0 Å².